The fourth-order valence-electron chi connectivity index (χ4n) is 0.565. The van der Waals surface area contributed by atoms with Crippen LogP contribution < -0.4 is 5.73 Å². The number of carbonyl (C=O) groups is 1. The molecule has 0 aromatic carbocycles. The molecule has 0 aliphatic carbocycles. The van der Waals surface area contributed by atoms with E-state index in [1.165, 1.54) is 6.20 Å². The number of halogens is 1. The first-order chi connectivity index (χ1) is 5.74. The van der Waals surface area contributed by atoms with Crippen LogP contribution >= 0.6 is 11.6 Å². The van der Waals surface area contributed by atoms with Gasteiger partial charge in [-0.1, -0.05) is 17.5 Å². The standard InChI is InChI=1S/C7H4ClN3O/c8-6-5(2-1-3-12)4-10-7(9)11-6/h3-4H,(H2,9,10,11). The Hall–Kier alpha value is -1.60. The highest BCUT2D eigenvalue weighted by atomic mass is 35.5. The summed E-state index contributed by atoms with van der Waals surface area (Å²) in [6.45, 7) is 0. The SMILES string of the molecule is Nc1ncc(C#CC=O)c(Cl)n1. The third kappa shape index (κ3) is 1.94. The van der Waals surface area contributed by atoms with E-state index in [0.717, 1.165) is 0 Å². The van der Waals surface area contributed by atoms with Gasteiger partial charge in [-0.2, -0.15) is 4.98 Å². The van der Waals surface area contributed by atoms with Crippen molar-refractivity contribution in [1.82, 2.24) is 9.97 Å². The first-order valence-electron chi connectivity index (χ1n) is 2.97. The minimum absolute atomic E-state index is 0.0802. The van der Waals surface area contributed by atoms with E-state index in [0.29, 0.717) is 11.8 Å². The largest absolute Gasteiger partial charge is 0.368 e. The summed E-state index contributed by atoms with van der Waals surface area (Å²) in [4.78, 5) is 17.2. The van der Waals surface area contributed by atoms with Crippen molar-refractivity contribution in [1.29, 1.82) is 0 Å². The molecule has 0 spiro atoms. The molecule has 0 atom stereocenters. The highest BCUT2D eigenvalue weighted by Gasteiger charge is 1.98. The van der Waals surface area contributed by atoms with Crippen LogP contribution in [0.3, 0.4) is 0 Å². The van der Waals surface area contributed by atoms with Gasteiger partial charge in [0.2, 0.25) is 5.95 Å². The van der Waals surface area contributed by atoms with Crippen molar-refractivity contribution < 1.29 is 4.79 Å². The molecule has 1 aromatic heterocycles. The quantitative estimate of drug-likeness (QED) is 0.354. The summed E-state index contributed by atoms with van der Waals surface area (Å²) < 4.78 is 0. The third-order valence-electron chi connectivity index (χ3n) is 1.03. The fraction of sp³-hybridized carbons (Fsp3) is 0. The molecular formula is C7H4ClN3O. The zero-order chi connectivity index (χ0) is 8.97. The molecule has 1 rings (SSSR count). The van der Waals surface area contributed by atoms with Crippen molar-refractivity contribution in [2.75, 3.05) is 5.73 Å². The number of aromatic nitrogens is 2. The van der Waals surface area contributed by atoms with E-state index in [2.05, 4.69) is 21.8 Å². The third-order valence-corrected chi connectivity index (χ3v) is 1.31. The maximum absolute atomic E-state index is 9.87. The summed E-state index contributed by atoms with van der Waals surface area (Å²) >= 11 is 5.62. The number of rotatable bonds is 0. The average molecular weight is 182 g/mol. The van der Waals surface area contributed by atoms with Gasteiger partial charge in [-0.3, -0.25) is 4.79 Å². The predicted octanol–water partition coefficient (Wildman–Crippen LogP) is 0.263. The van der Waals surface area contributed by atoms with Crippen molar-refractivity contribution in [3.63, 3.8) is 0 Å². The number of nitrogens with zero attached hydrogens (tertiary/aromatic N) is 2. The Labute approximate surface area is 73.8 Å². The molecule has 2 N–H and O–H groups in total. The second kappa shape index (κ2) is 3.69. The number of anilines is 1. The topological polar surface area (TPSA) is 68.9 Å². The van der Waals surface area contributed by atoms with Gasteiger partial charge < -0.3 is 5.73 Å². The van der Waals surface area contributed by atoms with Gasteiger partial charge in [0, 0.05) is 6.20 Å². The average Bonchev–Trinajstić information content (AvgIpc) is 2.03. The van der Waals surface area contributed by atoms with Gasteiger partial charge in [0.05, 0.1) is 5.56 Å². The van der Waals surface area contributed by atoms with Crippen LogP contribution in [-0.2, 0) is 4.79 Å². The molecule has 60 valence electrons. The summed E-state index contributed by atoms with van der Waals surface area (Å²) in [6.07, 6.45) is 1.83. The van der Waals surface area contributed by atoms with Crippen LogP contribution in [0, 0.1) is 11.8 Å². The second-order valence-electron chi connectivity index (χ2n) is 1.82. The summed E-state index contributed by atoms with van der Waals surface area (Å²) in [6, 6.07) is 0. The van der Waals surface area contributed by atoms with Gasteiger partial charge in [-0.05, 0) is 5.92 Å². The molecule has 1 heterocycles. The Bertz CT molecular complexity index is 367. The lowest BCUT2D eigenvalue weighted by atomic mass is 10.3. The van der Waals surface area contributed by atoms with Crippen molar-refractivity contribution >= 4 is 23.8 Å². The fourth-order valence-corrected chi connectivity index (χ4v) is 0.747. The van der Waals surface area contributed by atoms with Crippen molar-refractivity contribution in [3.05, 3.63) is 16.9 Å². The van der Waals surface area contributed by atoms with Gasteiger partial charge in [0.25, 0.3) is 0 Å². The van der Waals surface area contributed by atoms with Crippen molar-refractivity contribution in [2.24, 2.45) is 0 Å². The molecule has 0 saturated heterocycles. The summed E-state index contributed by atoms with van der Waals surface area (Å²) in [7, 11) is 0. The Morgan fingerprint density at radius 1 is 1.67 bits per heavy atom. The smallest absolute Gasteiger partial charge is 0.221 e. The number of hydrogen-bond donors (Lipinski definition) is 1. The molecule has 12 heavy (non-hydrogen) atoms. The van der Waals surface area contributed by atoms with Gasteiger partial charge >= 0.3 is 0 Å². The first-order valence-corrected chi connectivity index (χ1v) is 3.35. The minimum Gasteiger partial charge on any atom is -0.368 e. The van der Waals surface area contributed by atoms with E-state index in [1.54, 1.807) is 0 Å². The van der Waals surface area contributed by atoms with Crippen LogP contribution in [0.5, 0.6) is 0 Å². The normalized spacial score (nSPS) is 8.42. The lowest BCUT2D eigenvalue weighted by Gasteiger charge is -1.93. The van der Waals surface area contributed by atoms with Crippen LogP contribution in [0.1, 0.15) is 5.56 Å². The summed E-state index contributed by atoms with van der Waals surface area (Å²) in [5.41, 5.74) is 5.62. The zero-order valence-electron chi connectivity index (χ0n) is 5.91. The maximum Gasteiger partial charge on any atom is 0.221 e. The molecule has 5 heteroatoms. The molecule has 1 aromatic rings. The number of hydrogen-bond acceptors (Lipinski definition) is 4. The molecule has 4 nitrogen and oxygen atoms in total. The molecule has 0 unspecified atom stereocenters. The highest BCUT2D eigenvalue weighted by molar-refractivity contribution is 6.30. The molecule has 0 aliphatic heterocycles. The van der Waals surface area contributed by atoms with Gasteiger partial charge in [-0.15, -0.1) is 0 Å². The van der Waals surface area contributed by atoms with Crippen molar-refractivity contribution in [2.45, 2.75) is 0 Å². The second-order valence-corrected chi connectivity index (χ2v) is 2.18. The van der Waals surface area contributed by atoms with E-state index in [-0.39, 0.29) is 11.1 Å². The molecular weight excluding hydrogens is 178 g/mol. The summed E-state index contributed by atoms with van der Waals surface area (Å²) in [5, 5.41) is 0.150. The lowest BCUT2D eigenvalue weighted by molar-refractivity contribution is -0.103. The van der Waals surface area contributed by atoms with E-state index in [4.69, 9.17) is 17.3 Å². The van der Waals surface area contributed by atoms with Crippen LogP contribution in [0.15, 0.2) is 6.20 Å². The van der Waals surface area contributed by atoms with Crippen LogP contribution in [0.2, 0.25) is 5.15 Å². The molecule has 0 amide bonds. The number of nitrogen functional groups attached to an aromatic ring is 1. The van der Waals surface area contributed by atoms with E-state index < -0.39 is 0 Å². The van der Waals surface area contributed by atoms with E-state index in [1.807, 2.05) is 0 Å². The van der Waals surface area contributed by atoms with E-state index >= 15 is 0 Å². The monoisotopic (exact) mass is 181 g/mol. The minimum atomic E-state index is 0.0802. The Kier molecular flexibility index (Phi) is 2.62. The zero-order valence-corrected chi connectivity index (χ0v) is 6.67. The molecule has 0 saturated carbocycles. The Balaban J connectivity index is 3.09. The van der Waals surface area contributed by atoms with Gasteiger partial charge in [0.15, 0.2) is 6.29 Å². The summed E-state index contributed by atoms with van der Waals surface area (Å²) in [5.74, 6) is 4.73. The maximum atomic E-state index is 9.87. The van der Waals surface area contributed by atoms with Crippen LogP contribution in [-0.4, -0.2) is 16.3 Å². The number of nitrogens with two attached hydrogens (primary N) is 1. The van der Waals surface area contributed by atoms with Gasteiger partial charge in [-0.25, -0.2) is 4.98 Å². The van der Waals surface area contributed by atoms with Gasteiger partial charge in [0.1, 0.15) is 5.15 Å². The number of carbonyl (C=O) groups excluding carboxylic acids is 1. The van der Waals surface area contributed by atoms with Crippen molar-refractivity contribution in [3.8, 4) is 11.8 Å². The number of aldehydes is 1. The first kappa shape index (κ1) is 8.50. The van der Waals surface area contributed by atoms with Crippen LogP contribution in [0.25, 0.3) is 0 Å². The predicted molar refractivity (Wildman–Crippen MR) is 44.4 cm³/mol. The molecule has 0 fully saturated rings. The van der Waals surface area contributed by atoms with E-state index in [9.17, 15) is 4.79 Å². The Morgan fingerprint density at radius 2 is 2.42 bits per heavy atom. The highest BCUT2D eigenvalue weighted by Crippen LogP contribution is 2.10. The Morgan fingerprint density at radius 3 is 3.00 bits per heavy atom. The molecule has 0 radical (unpaired) electrons. The lowest BCUT2D eigenvalue weighted by Crippen LogP contribution is -1.95. The molecule has 0 aliphatic rings. The molecule has 0 bridgehead atoms. The van der Waals surface area contributed by atoms with Crippen LogP contribution in [0.4, 0.5) is 5.95 Å².